The van der Waals surface area contributed by atoms with Crippen LogP contribution >= 0.6 is 0 Å². The second-order valence-electron chi connectivity index (χ2n) is 6.28. The van der Waals surface area contributed by atoms with Crippen molar-refractivity contribution < 1.29 is 14.9 Å². The molecule has 1 rings (SSSR count). The number of benzene rings is 1. The highest BCUT2D eigenvalue weighted by molar-refractivity contribution is 5.39. The van der Waals surface area contributed by atoms with Gasteiger partial charge in [-0.1, -0.05) is 33.8 Å². The van der Waals surface area contributed by atoms with Gasteiger partial charge in [-0.25, -0.2) is 0 Å². The van der Waals surface area contributed by atoms with Crippen LogP contribution in [0.15, 0.2) is 18.2 Å². The maximum atomic E-state index is 10.2. The van der Waals surface area contributed by atoms with Gasteiger partial charge in [0.05, 0.1) is 13.2 Å². The molecule has 0 aliphatic carbocycles. The van der Waals surface area contributed by atoms with E-state index in [1.165, 1.54) is 0 Å². The Labute approximate surface area is 121 Å². The number of aromatic hydroxyl groups is 1. The topological polar surface area (TPSA) is 61.7 Å². The molecule has 4 heteroatoms. The van der Waals surface area contributed by atoms with E-state index in [-0.39, 0.29) is 23.2 Å². The number of ether oxygens (including phenoxy) is 1. The van der Waals surface area contributed by atoms with Gasteiger partial charge < -0.3 is 20.3 Å². The van der Waals surface area contributed by atoms with E-state index in [0.717, 1.165) is 5.56 Å². The van der Waals surface area contributed by atoms with Gasteiger partial charge in [0.15, 0.2) is 0 Å². The molecule has 4 nitrogen and oxygen atoms in total. The predicted octanol–water partition coefficient (Wildman–Crippen LogP) is 2.53. The molecule has 0 spiro atoms. The standard InChI is InChI=1S/C16H27NO3/c1-11(2)15(19)16(3,4)10-17-9-12-6-7-13(20-5)8-14(12)18/h6-8,11,15,17-19H,9-10H2,1-5H3. The first kappa shape index (κ1) is 16.8. The predicted molar refractivity (Wildman–Crippen MR) is 81.0 cm³/mol. The zero-order valence-electron chi connectivity index (χ0n) is 13.1. The van der Waals surface area contributed by atoms with Crippen molar-refractivity contribution in [3.05, 3.63) is 23.8 Å². The van der Waals surface area contributed by atoms with Crippen LogP contribution in [0, 0.1) is 11.3 Å². The van der Waals surface area contributed by atoms with Gasteiger partial charge in [-0.2, -0.15) is 0 Å². The molecule has 0 aliphatic heterocycles. The molecule has 1 aromatic carbocycles. The van der Waals surface area contributed by atoms with E-state index >= 15 is 0 Å². The molecule has 1 atom stereocenters. The van der Waals surface area contributed by atoms with E-state index < -0.39 is 0 Å². The van der Waals surface area contributed by atoms with Crippen molar-refractivity contribution in [3.8, 4) is 11.5 Å². The summed E-state index contributed by atoms with van der Waals surface area (Å²) < 4.78 is 5.05. The third-order valence-electron chi connectivity index (χ3n) is 3.62. The molecule has 0 saturated heterocycles. The Morgan fingerprint density at radius 2 is 1.95 bits per heavy atom. The Kier molecular flexibility index (Phi) is 5.84. The second-order valence-corrected chi connectivity index (χ2v) is 6.28. The van der Waals surface area contributed by atoms with Crippen molar-refractivity contribution >= 4 is 0 Å². The van der Waals surface area contributed by atoms with Crippen molar-refractivity contribution in [1.82, 2.24) is 5.32 Å². The van der Waals surface area contributed by atoms with Gasteiger partial charge in [0.1, 0.15) is 11.5 Å². The minimum absolute atomic E-state index is 0.212. The van der Waals surface area contributed by atoms with Crippen molar-refractivity contribution in [2.24, 2.45) is 11.3 Å². The van der Waals surface area contributed by atoms with E-state index in [4.69, 9.17) is 4.74 Å². The van der Waals surface area contributed by atoms with Gasteiger partial charge in [0.2, 0.25) is 0 Å². The van der Waals surface area contributed by atoms with Crippen LogP contribution in [0.25, 0.3) is 0 Å². The third-order valence-corrected chi connectivity index (χ3v) is 3.62. The number of phenols is 1. The van der Waals surface area contributed by atoms with E-state index in [1.807, 2.05) is 39.8 Å². The SMILES string of the molecule is COc1ccc(CNCC(C)(C)C(O)C(C)C)c(O)c1. The first-order chi connectivity index (χ1) is 9.27. The molecule has 3 N–H and O–H groups in total. The Bertz CT molecular complexity index is 430. The summed E-state index contributed by atoms with van der Waals surface area (Å²) in [6.45, 7) is 9.35. The number of aliphatic hydroxyl groups excluding tert-OH is 1. The molecule has 20 heavy (non-hydrogen) atoms. The summed E-state index contributed by atoms with van der Waals surface area (Å²) in [6, 6.07) is 5.27. The fraction of sp³-hybridized carbons (Fsp3) is 0.625. The van der Waals surface area contributed by atoms with Crippen molar-refractivity contribution in [2.45, 2.75) is 40.3 Å². The lowest BCUT2D eigenvalue weighted by Gasteiger charge is -2.33. The van der Waals surface area contributed by atoms with Crippen molar-refractivity contribution in [3.63, 3.8) is 0 Å². The minimum atomic E-state index is -0.362. The molecule has 0 bridgehead atoms. The smallest absolute Gasteiger partial charge is 0.123 e. The van der Waals surface area contributed by atoms with Crippen LogP contribution in [0.5, 0.6) is 11.5 Å². The number of nitrogens with one attached hydrogen (secondary N) is 1. The summed E-state index contributed by atoms with van der Waals surface area (Å²) in [6.07, 6.45) is -0.362. The normalized spacial score (nSPS) is 13.6. The monoisotopic (exact) mass is 281 g/mol. The molecular weight excluding hydrogens is 254 g/mol. The minimum Gasteiger partial charge on any atom is -0.507 e. The Hall–Kier alpha value is -1.26. The summed E-state index contributed by atoms with van der Waals surface area (Å²) in [5, 5.41) is 23.3. The van der Waals surface area contributed by atoms with Crippen LogP contribution in [0.1, 0.15) is 33.3 Å². The first-order valence-corrected chi connectivity index (χ1v) is 7.02. The molecule has 0 heterocycles. The molecule has 0 radical (unpaired) electrons. The molecule has 0 saturated carbocycles. The van der Waals surface area contributed by atoms with Crippen LogP contribution in [-0.4, -0.2) is 30.0 Å². The summed E-state index contributed by atoms with van der Waals surface area (Å²) in [5.41, 5.74) is 0.608. The molecule has 0 amide bonds. The van der Waals surface area contributed by atoms with Gasteiger partial charge in [0, 0.05) is 30.1 Å². The Balaban J connectivity index is 2.56. The Morgan fingerprint density at radius 3 is 2.45 bits per heavy atom. The number of aliphatic hydroxyl groups is 1. The maximum absolute atomic E-state index is 10.2. The van der Waals surface area contributed by atoms with Gasteiger partial charge in [0.25, 0.3) is 0 Å². The third kappa shape index (κ3) is 4.39. The molecule has 0 aliphatic rings. The molecule has 114 valence electrons. The van der Waals surface area contributed by atoms with Crippen LogP contribution < -0.4 is 10.1 Å². The molecule has 1 unspecified atom stereocenters. The van der Waals surface area contributed by atoms with Gasteiger partial charge in [-0.15, -0.1) is 0 Å². The van der Waals surface area contributed by atoms with Crippen LogP contribution in [0.2, 0.25) is 0 Å². The lowest BCUT2D eigenvalue weighted by atomic mass is 9.80. The zero-order valence-corrected chi connectivity index (χ0v) is 13.1. The van der Waals surface area contributed by atoms with E-state index in [1.54, 1.807) is 13.2 Å². The summed E-state index contributed by atoms with van der Waals surface area (Å²) >= 11 is 0. The lowest BCUT2D eigenvalue weighted by molar-refractivity contribution is 0.0134. The fourth-order valence-corrected chi connectivity index (χ4v) is 2.35. The van der Waals surface area contributed by atoms with E-state index in [2.05, 4.69) is 5.32 Å². The largest absolute Gasteiger partial charge is 0.507 e. The maximum Gasteiger partial charge on any atom is 0.123 e. The quantitative estimate of drug-likeness (QED) is 0.719. The lowest BCUT2D eigenvalue weighted by Crippen LogP contribution is -2.41. The van der Waals surface area contributed by atoms with Crippen LogP contribution in [-0.2, 0) is 6.54 Å². The van der Waals surface area contributed by atoms with Crippen molar-refractivity contribution in [2.75, 3.05) is 13.7 Å². The van der Waals surface area contributed by atoms with E-state index in [9.17, 15) is 10.2 Å². The van der Waals surface area contributed by atoms with Gasteiger partial charge in [-0.05, 0) is 12.0 Å². The fourth-order valence-electron chi connectivity index (χ4n) is 2.35. The molecule has 0 aromatic heterocycles. The number of methoxy groups -OCH3 is 1. The van der Waals surface area contributed by atoms with Crippen molar-refractivity contribution in [1.29, 1.82) is 0 Å². The highest BCUT2D eigenvalue weighted by Crippen LogP contribution is 2.26. The summed E-state index contributed by atoms with van der Waals surface area (Å²) in [4.78, 5) is 0. The summed E-state index contributed by atoms with van der Waals surface area (Å²) in [5.74, 6) is 1.09. The Morgan fingerprint density at radius 1 is 1.30 bits per heavy atom. The zero-order chi connectivity index (χ0) is 15.3. The summed E-state index contributed by atoms with van der Waals surface area (Å²) in [7, 11) is 1.57. The van der Waals surface area contributed by atoms with Gasteiger partial charge >= 0.3 is 0 Å². The average Bonchev–Trinajstić information content (AvgIpc) is 2.39. The van der Waals surface area contributed by atoms with Crippen LogP contribution in [0.4, 0.5) is 0 Å². The second kappa shape index (κ2) is 6.95. The average molecular weight is 281 g/mol. The van der Waals surface area contributed by atoms with E-state index in [0.29, 0.717) is 18.8 Å². The highest BCUT2D eigenvalue weighted by Gasteiger charge is 2.29. The first-order valence-electron chi connectivity index (χ1n) is 7.02. The molecule has 1 aromatic rings. The van der Waals surface area contributed by atoms with Gasteiger partial charge in [-0.3, -0.25) is 0 Å². The highest BCUT2D eigenvalue weighted by atomic mass is 16.5. The molecule has 0 fully saturated rings. The number of phenolic OH excluding ortho intramolecular Hbond substituents is 1. The molecular formula is C16H27NO3. The number of hydrogen-bond donors (Lipinski definition) is 3. The van der Waals surface area contributed by atoms with Crippen LogP contribution in [0.3, 0.4) is 0 Å². The number of hydrogen-bond acceptors (Lipinski definition) is 4. The number of rotatable bonds is 7.